The molecule has 1 aliphatic carbocycles. The van der Waals surface area contributed by atoms with Crippen molar-refractivity contribution in [3.8, 4) is 5.75 Å². The van der Waals surface area contributed by atoms with Crippen LogP contribution >= 0.6 is 0 Å². The third-order valence-electron chi connectivity index (χ3n) is 7.38. The molecule has 3 aromatic rings. The van der Waals surface area contributed by atoms with Gasteiger partial charge in [0.1, 0.15) is 11.8 Å². The summed E-state index contributed by atoms with van der Waals surface area (Å²) in [7, 11) is 1.57. The summed E-state index contributed by atoms with van der Waals surface area (Å²) >= 11 is 0. The number of nitrogens with one attached hydrogen (secondary N) is 1. The molecule has 1 N–H and O–H groups in total. The van der Waals surface area contributed by atoms with E-state index < -0.39 is 6.04 Å². The Morgan fingerprint density at radius 2 is 1.88 bits per heavy atom. The molecule has 172 valence electrons. The van der Waals surface area contributed by atoms with Crippen LogP contribution in [0.15, 0.2) is 48.5 Å². The molecule has 1 aromatic heterocycles. The first kappa shape index (κ1) is 21.5. The average Bonchev–Trinajstić information content (AvgIpc) is 3.30. The Morgan fingerprint density at radius 3 is 2.70 bits per heavy atom. The predicted octanol–water partition coefficient (Wildman–Crippen LogP) is 4.79. The molecule has 1 aliphatic heterocycles. The molecule has 2 aliphatic rings. The van der Waals surface area contributed by atoms with Gasteiger partial charge in [0.25, 0.3) is 5.91 Å². The number of methoxy groups -OCH3 is 1. The molecule has 33 heavy (non-hydrogen) atoms. The first-order valence-corrected chi connectivity index (χ1v) is 11.7. The van der Waals surface area contributed by atoms with Crippen LogP contribution in [-0.4, -0.2) is 34.5 Å². The van der Waals surface area contributed by atoms with E-state index in [4.69, 9.17) is 9.72 Å². The molecule has 0 bridgehead atoms. The Labute approximate surface area is 193 Å². The second-order valence-electron chi connectivity index (χ2n) is 9.28. The summed E-state index contributed by atoms with van der Waals surface area (Å²) in [5.41, 5.74) is 2.32. The lowest BCUT2D eigenvalue weighted by Gasteiger charge is -2.39. The van der Waals surface area contributed by atoms with Crippen molar-refractivity contribution in [2.45, 2.75) is 51.6 Å². The van der Waals surface area contributed by atoms with E-state index in [-0.39, 0.29) is 24.3 Å². The Hall–Kier alpha value is -3.35. The number of carbonyl (C=O) groups excluding carboxylic acids is 2. The number of benzene rings is 2. The van der Waals surface area contributed by atoms with Gasteiger partial charge in [-0.05, 0) is 42.5 Å². The van der Waals surface area contributed by atoms with Gasteiger partial charge in [0.2, 0.25) is 11.9 Å². The first-order valence-electron chi connectivity index (χ1n) is 11.7. The van der Waals surface area contributed by atoms with Gasteiger partial charge >= 0.3 is 0 Å². The maximum absolute atomic E-state index is 13.8. The Bertz CT molecular complexity index is 1200. The number of hydrogen-bond acceptors (Lipinski definition) is 4. The number of aromatic nitrogens is 2. The highest BCUT2D eigenvalue weighted by Gasteiger charge is 2.46. The van der Waals surface area contributed by atoms with Crippen LogP contribution in [0.5, 0.6) is 5.75 Å². The zero-order valence-corrected chi connectivity index (χ0v) is 19.3. The van der Waals surface area contributed by atoms with E-state index in [9.17, 15) is 9.59 Å². The SMILES string of the molecule is COc1ccccc1NC(=O)C[C@@H]1C(=O)N([C@@H]2CCC[C@H](C)[C@@H]2C)c2nc3ccccc3n21. The second kappa shape index (κ2) is 8.54. The zero-order valence-electron chi connectivity index (χ0n) is 19.3. The number of nitrogens with zero attached hydrogens (tertiary/aromatic N) is 3. The van der Waals surface area contributed by atoms with Crippen molar-refractivity contribution in [1.82, 2.24) is 9.55 Å². The summed E-state index contributed by atoms with van der Waals surface area (Å²) in [6.07, 6.45) is 3.28. The molecule has 0 unspecified atom stereocenters. The third kappa shape index (κ3) is 3.65. The molecule has 7 nitrogen and oxygen atoms in total. The maximum atomic E-state index is 13.8. The van der Waals surface area contributed by atoms with E-state index in [1.165, 1.54) is 6.42 Å². The van der Waals surface area contributed by atoms with E-state index in [0.29, 0.717) is 29.2 Å². The molecule has 4 atom stereocenters. The Morgan fingerprint density at radius 1 is 1.12 bits per heavy atom. The monoisotopic (exact) mass is 446 g/mol. The molecule has 1 saturated carbocycles. The van der Waals surface area contributed by atoms with Crippen molar-refractivity contribution in [1.29, 1.82) is 0 Å². The molecule has 0 saturated heterocycles. The largest absolute Gasteiger partial charge is 0.495 e. The minimum absolute atomic E-state index is 0.0376. The van der Waals surface area contributed by atoms with Gasteiger partial charge in [-0.15, -0.1) is 0 Å². The molecular formula is C26H30N4O3. The van der Waals surface area contributed by atoms with Crippen molar-refractivity contribution >= 4 is 34.5 Å². The van der Waals surface area contributed by atoms with Crippen LogP contribution in [0.1, 0.15) is 45.6 Å². The minimum atomic E-state index is -0.619. The van der Waals surface area contributed by atoms with Crippen molar-refractivity contribution in [2.24, 2.45) is 11.8 Å². The number of para-hydroxylation sites is 4. The molecular weight excluding hydrogens is 416 g/mol. The molecule has 2 amide bonds. The highest BCUT2D eigenvalue weighted by molar-refractivity contribution is 6.05. The highest BCUT2D eigenvalue weighted by Crippen LogP contribution is 2.42. The minimum Gasteiger partial charge on any atom is -0.495 e. The third-order valence-corrected chi connectivity index (χ3v) is 7.38. The first-order chi connectivity index (χ1) is 16.0. The van der Waals surface area contributed by atoms with E-state index in [2.05, 4.69) is 19.2 Å². The molecule has 1 fully saturated rings. The standard InChI is InChI=1S/C26H30N4O3/c1-16-9-8-13-20(17(16)2)30-25(32)22(29-21-12-6-4-10-18(21)28-26(29)30)15-24(31)27-19-11-5-7-14-23(19)33-3/h4-7,10-12,14,16-17,20,22H,8-9,13,15H2,1-3H3,(H,27,31)/t16-,17-,20+,22+/m0/s1. The van der Waals surface area contributed by atoms with E-state index in [0.717, 1.165) is 23.9 Å². The fourth-order valence-electron chi connectivity index (χ4n) is 5.41. The van der Waals surface area contributed by atoms with Gasteiger partial charge in [0, 0.05) is 6.04 Å². The van der Waals surface area contributed by atoms with Crippen molar-refractivity contribution < 1.29 is 14.3 Å². The summed E-state index contributed by atoms with van der Waals surface area (Å²) in [5, 5.41) is 2.92. The summed E-state index contributed by atoms with van der Waals surface area (Å²) in [6, 6.07) is 14.6. The van der Waals surface area contributed by atoms with E-state index in [1.54, 1.807) is 19.2 Å². The van der Waals surface area contributed by atoms with Gasteiger partial charge in [-0.2, -0.15) is 0 Å². The predicted molar refractivity (Wildman–Crippen MR) is 128 cm³/mol. The quantitative estimate of drug-likeness (QED) is 0.612. The maximum Gasteiger partial charge on any atom is 0.253 e. The smallest absolute Gasteiger partial charge is 0.253 e. The van der Waals surface area contributed by atoms with Gasteiger partial charge < -0.3 is 10.1 Å². The zero-order chi connectivity index (χ0) is 23.1. The number of fused-ring (bicyclic) bond motifs is 3. The summed E-state index contributed by atoms with van der Waals surface area (Å²) in [6.45, 7) is 4.50. The van der Waals surface area contributed by atoms with Crippen LogP contribution in [0.3, 0.4) is 0 Å². The van der Waals surface area contributed by atoms with Crippen LogP contribution in [0, 0.1) is 11.8 Å². The number of ether oxygens (including phenoxy) is 1. The van der Waals surface area contributed by atoms with Crippen molar-refractivity contribution in [3.05, 3.63) is 48.5 Å². The number of hydrogen-bond donors (Lipinski definition) is 1. The second-order valence-corrected chi connectivity index (χ2v) is 9.28. The number of anilines is 2. The summed E-state index contributed by atoms with van der Waals surface area (Å²) in [5.74, 6) is 1.91. The fraction of sp³-hybridized carbons (Fsp3) is 0.423. The van der Waals surface area contributed by atoms with Gasteiger partial charge in [0.05, 0.1) is 30.3 Å². The van der Waals surface area contributed by atoms with E-state index in [1.807, 2.05) is 45.9 Å². The number of carbonyl (C=O) groups is 2. The number of imidazole rings is 1. The van der Waals surface area contributed by atoms with Crippen molar-refractivity contribution in [2.75, 3.05) is 17.3 Å². The van der Waals surface area contributed by atoms with Gasteiger partial charge in [-0.25, -0.2) is 4.98 Å². The summed E-state index contributed by atoms with van der Waals surface area (Å²) in [4.78, 5) is 33.6. The lowest BCUT2D eigenvalue weighted by Crippen LogP contribution is -2.47. The molecule has 0 radical (unpaired) electrons. The van der Waals surface area contributed by atoms with Crippen molar-refractivity contribution in [3.63, 3.8) is 0 Å². The van der Waals surface area contributed by atoms with Crippen LogP contribution in [0.4, 0.5) is 11.6 Å². The van der Waals surface area contributed by atoms with Gasteiger partial charge in [-0.1, -0.05) is 51.0 Å². The molecule has 2 heterocycles. The lowest BCUT2D eigenvalue weighted by atomic mass is 9.77. The van der Waals surface area contributed by atoms with E-state index >= 15 is 0 Å². The highest BCUT2D eigenvalue weighted by atomic mass is 16.5. The van der Waals surface area contributed by atoms with Crippen LogP contribution in [0.25, 0.3) is 11.0 Å². The van der Waals surface area contributed by atoms with Gasteiger partial charge in [-0.3, -0.25) is 19.1 Å². The number of amides is 2. The Kier molecular flexibility index (Phi) is 5.56. The normalized spacial score (nSPS) is 24.7. The number of rotatable bonds is 5. The molecule has 7 heteroatoms. The van der Waals surface area contributed by atoms with Crippen LogP contribution < -0.4 is 15.0 Å². The Balaban J connectivity index is 1.49. The lowest BCUT2D eigenvalue weighted by molar-refractivity contribution is -0.125. The van der Waals surface area contributed by atoms with Crippen LogP contribution in [-0.2, 0) is 9.59 Å². The summed E-state index contributed by atoms with van der Waals surface area (Å²) < 4.78 is 7.32. The molecule has 0 spiro atoms. The topological polar surface area (TPSA) is 76.5 Å². The molecule has 2 aromatic carbocycles. The van der Waals surface area contributed by atoms with Crippen LogP contribution in [0.2, 0.25) is 0 Å². The molecule has 5 rings (SSSR count). The fourth-order valence-corrected chi connectivity index (χ4v) is 5.41. The average molecular weight is 447 g/mol. The van der Waals surface area contributed by atoms with Gasteiger partial charge in [0.15, 0.2) is 0 Å².